The van der Waals surface area contributed by atoms with Crippen LogP contribution >= 0.6 is 22.9 Å². The molecule has 0 amide bonds. The lowest BCUT2D eigenvalue weighted by atomic mass is 10.1. The second kappa shape index (κ2) is 7.69. The van der Waals surface area contributed by atoms with Crippen molar-refractivity contribution in [3.8, 4) is 10.6 Å². The number of nitrogens with two attached hydrogens (primary N) is 1. The predicted octanol–water partition coefficient (Wildman–Crippen LogP) is 3.63. The van der Waals surface area contributed by atoms with Gasteiger partial charge in [-0.05, 0) is 43.4 Å². The molecule has 7 nitrogen and oxygen atoms in total. The van der Waals surface area contributed by atoms with Crippen LogP contribution in [0.25, 0.3) is 20.8 Å². The Morgan fingerprint density at radius 3 is 2.82 bits per heavy atom. The molecule has 3 aromatic rings. The van der Waals surface area contributed by atoms with E-state index < -0.39 is 0 Å². The molecule has 1 aliphatic rings. The molecular formula is C19H23ClN6OS. The summed E-state index contributed by atoms with van der Waals surface area (Å²) >= 11 is 8.02. The first-order valence-corrected chi connectivity index (χ1v) is 10.4. The standard InChI is InChI=1S/C19H23ClN6OS/c1-26(2)12-5-6-13-14(8-12)28-18(23-13)15-16(20)24-19(21)25-17(15)22-11-4-3-10(7-11)9-27/h5-6,8,10-11,27H,3-4,7,9H2,1-2H3,(H3,21,22,24,25)/t10-,11+/m1/s1. The Labute approximate surface area is 172 Å². The highest BCUT2D eigenvalue weighted by atomic mass is 35.5. The molecule has 9 heteroatoms. The summed E-state index contributed by atoms with van der Waals surface area (Å²) in [6.07, 6.45) is 2.86. The molecule has 2 atom stereocenters. The van der Waals surface area contributed by atoms with Gasteiger partial charge in [-0.1, -0.05) is 11.6 Å². The van der Waals surface area contributed by atoms with Gasteiger partial charge in [0, 0.05) is 32.4 Å². The van der Waals surface area contributed by atoms with Crippen LogP contribution in [0, 0.1) is 5.92 Å². The lowest BCUT2D eigenvalue weighted by molar-refractivity contribution is 0.229. The van der Waals surface area contributed by atoms with Crippen LogP contribution in [0.4, 0.5) is 17.5 Å². The van der Waals surface area contributed by atoms with E-state index >= 15 is 0 Å². The number of hydrogen-bond acceptors (Lipinski definition) is 8. The Morgan fingerprint density at radius 2 is 2.11 bits per heavy atom. The minimum Gasteiger partial charge on any atom is -0.396 e. The molecule has 0 radical (unpaired) electrons. The van der Waals surface area contributed by atoms with Crippen molar-refractivity contribution in [2.45, 2.75) is 25.3 Å². The van der Waals surface area contributed by atoms with Gasteiger partial charge in [0.15, 0.2) is 0 Å². The van der Waals surface area contributed by atoms with Crippen LogP contribution in [0.3, 0.4) is 0 Å². The molecule has 1 saturated carbocycles. The van der Waals surface area contributed by atoms with E-state index in [-0.39, 0.29) is 18.6 Å². The number of anilines is 3. The molecular weight excluding hydrogens is 396 g/mol. The number of rotatable bonds is 5. The highest BCUT2D eigenvalue weighted by Gasteiger charge is 2.27. The molecule has 0 aliphatic heterocycles. The summed E-state index contributed by atoms with van der Waals surface area (Å²) in [4.78, 5) is 15.4. The first kappa shape index (κ1) is 19.2. The Bertz CT molecular complexity index is 1010. The van der Waals surface area contributed by atoms with Gasteiger partial charge < -0.3 is 21.1 Å². The highest BCUT2D eigenvalue weighted by molar-refractivity contribution is 7.21. The molecule has 1 fully saturated rings. The van der Waals surface area contributed by atoms with Gasteiger partial charge in [0.2, 0.25) is 5.95 Å². The largest absolute Gasteiger partial charge is 0.396 e. The van der Waals surface area contributed by atoms with Crippen molar-refractivity contribution < 1.29 is 5.11 Å². The topological polar surface area (TPSA) is 100 Å². The predicted molar refractivity (Wildman–Crippen MR) is 116 cm³/mol. The molecule has 0 bridgehead atoms. The molecule has 2 aromatic heterocycles. The summed E-state index contributed by atoms with van der Waals surface area (Å²) in [5, 5.41) is 13.9. The van der Waals surface area contributed by atoms with Crippen molar-refractivity contribution in [1.82, 2.24) is 15.0 Å². The zero-order chi connectivity index (χ0) is 19.8. The molecule has 28 heavy (non-hydrogen) atoms. The molecule has 4 rings (SSSR count). The third-order valence-corrected chi connectivity index (χ3v) is 6.43. The molecule has 0 spiro atoms. The second-order valence-corrected chi connectivity index (χ2v) is 8.75. The number of hydrogen-bond donors (Lipinski definition) is 3. The minimum atomic E-state index is 0.129. The first-order chi connectivity index (χ1) is 13.4. The molecule has 4 N–H and O–H groups in total. The van der Waals surface area contributed by atoms with E-state index in [0.717, 1.165) is 40.2 Å². The van der Waals surface area contributed by atoms with Crippen LogP contribution in [0.2, 0.25) is 5.15 Å². The Kier molecular flexibility index (Phi) is 5.27. The zero-order valence-electron chi connectivity index (χ0n) is 15.8. The Morgan fingerprint density at radius 1 is 1.29 bits per heavy atom. The first-order valence-electron chi connectivity index (χ1n) is 9.23. The summed E-state index contributed by atoms with van der Waals surface area (Å²) < 4.78 is 1.07. The van der Waals surface area contributed by atoms with Gasteiger partial charge in [-0.25, -0.2) is 9.97 Å². The molecule has 1 aromatic carbocycles. The normalized spacial score (nSPS) is 19.3. The van der Waals surface area contributed by atoms with Crippen molar-refractivity contribution in [2.24, 2.45) is 5.92 Å². The molecule has 148 valence electrons. The van der Waals surface area contributed by atoms with Gasteiger partial charge in [-0.15, -0.1) is 11.3 Å². The summed E-state index contributed by atoms with van der Waals surface area (Å²) in [6.45, 7) is 0.212. The van der Waals surface area contributed by atoms with Crippen molar-refractivity contribution in [2.75, 3.05) is 36.7 Å². The summed E-state index contributed by atoms with van der Waals surface area (Å²) in [6, 6.07) is 6.38. The van der Waals surface area contributed by atoms with Crippen LogP contribution in [-0.2, 0) is 0 Å². The van der Waals surface area contributed by atoms with Gasteiger partial charge in [0.05, 0.1) is 15.8 Å². The van der Waals surface area contributed by atoms with Crippen LogP contribution in [0.1, 0.15) is 19.3 Å². The fourth-order valence-electron chi connectivity index (χ4n) is 3.61. The smallest absolute Gasteiger partial charge is 0.223 e. The fraction of sp³-hybridized carbons (Fsp3) is 0.421. The second-order valence-electron chi connectivity index (χ2n) is 7.36. The van der Waals surface area contributed by atoms with Crippen molar-refractivity contribution in [3.05, 3.63) is 23.4 Å². The number of thiazole rings is 1. The minimum absolute atomic E-state index is 0.129. The number of aromatic nitrogens is 3. The molecule has 0 saturated heterocycles. The Hall–Kier alpha value is -2.16. The van der Waals surface area contributed by atoms with E-state index in [4.69, 9.17) is 22.3 Å². The van der Waals surface area contributed by atoms with Crippen LogP contribution in [0.5, 0.6) is 0 Å². The van der Waals surface area contributed by atoms with E-state index in [1.807, 2.05) is 26.2 Å². The highest BCUT2D eigenvalue weighted by Crippen LogP contribution is 2.40. The van der Waals surface area contributed by atoms with Gasteiger partial charge >= 0.3 is 0 Å². The monoisotopic (exact) mass is 418 g/mol. The number of nitrogens with zero attached hydrogens (tertiary/aromatic N) is 4. The molecule has 1 aliphatic carbocycles. The maximum Gasteiger partial charge on any atom is 0.223 e. The fourth-order valence-corrected chi connectivity index (χ4v) is 4.97. The maximum absolute atomic E-state index is 9.41. The quantitative estimate of drug-likeness (QED) is 0.544. The number of fused-ring (bicyclic) bond motifs is 1. The van der Waals surface area contributed by atoms with Crippen LogP contribution in [-0.4, -0.2) is 46.8 Å². The van der Waals surface area contributed by atoms with E-state index in [9.17, 15) is 5.11 Å². The third kappa shape index (κ3) is 3.72. The number of aliphatic hydroxyl groups excluding tert-OH is 1. The number of benzene rings is 1. The molecule has 0 unspecified atom stereocenters. The van der Waals surface area contributed by atoms with Crippen molar-refractivity contribution in [3.63, 3.8) is 0 Å². The zero-order valence-corrected chi connectivity index (χ0v) is 17.4. The summed E-state index contributed by atoms with van der Waals surface area (Å²) in [7, 11) is 4.02. The number of nitrogens with one attached hydrogen (secondary N) is 1. The van der Waals surface area contributed by atoms with Gasteiger partial charge in [-0.2, -0.15) is 4.98 Å². The van der Waals surface area contributed by atoms with Crippen molar-refractivity contribution in [1.29, 1.82) is 0 Å². The number of nitrogen functional groups attached to an aromatic ring is 1. The summed E-state index contributed by atoms with van der Waals surface area (Å²) in [5.41, 5.74) is 8.55. The van der Waals surface area contributed by atoms with E-state index in [1.54, 1.807) is 11.3 Å². The average molecular weight is 419 g/mol. The number of aliphatic hydroxyl groups is 1. The van der Waals surface area contributed by atoms with E-state index in [0.29, 0.717) is 22.5 Å². The molecule has 2 heterocycles. The van der Waals surface area contributed by atoms with Crippen LogP contribution < -0.4 is 16.0 Å². The van der Waals surface area contributed by atoms with Gasteiger partial charge in [-0.3, -0.25) is 0 Å². The van der Waals surface area contributed by atoms with E-state index in [2.05, 4.69) is 26.3 Å². The lowest BCUT2D eigenvalue weighted by Gasteiger charge is -2.16. The third-order valence-electron chi connectivity index (χ3n) is 5.12. The Balaban J connectivity index is 1.73. The SMILES string of the molecule is CN(C)c1ccc2nc(-c3c(Cl)nc(N)nc3N[C@H]3CC[C@@H](CO)C3)sc2c1. The van der Waals surface area contributed by atoms with Crippen LogP contribution in [0.15, 0.2) is 18.2 Å². The van der Waals surface area contributed by atoms with Gasteiger partial charge in [0.25, 0.3) is 0 Å². The van der Waals surface area contributed by atoms with E-state index in [1.165, 1.54) is 0 Å². The van der Waals surface area contributed by atoms with Gasteiger partial charge in [0.1, 0.15) is 16.0 Å². The summed E-state index contributed by atoms with van der Waals surface area (Å²) in [5.74, 6) is 1.06. The average Bonchev–Trinajstić information content (AvgIpc) is 3.26. The maximum atomic E-state index is 9.41. The lowest BCUT2D eigenvalue weighted by Crippen LogP contribution is -2.18. The number of halogens is 1. The van der Waals surface area contributed by atoms with Crippen molar-refractivity contribution >= 4 is 50.6 Å².